The number of nitrogens with zero attached hydrogens (tertiary/aromatic N) is 4. The molecule has 5 nitrogen and oxygen atoms in total. The van der Waals surface area contributed by atoms with Gasteiger partial charge in [-0.25, -0.2) is 4.98 Å². The molecule has 1 aromatic carbocycles. The maximum absolute atomic E-state index is 5.86. The third-order valence-electron chi connectivity index (χ3n) is 2.73. The summed E-state index contributed by atoms with van der Waals surface area (Å²) < 4.78 is 1.86. The number of nitrogens with two attached hydrogens (primary N) is 1. The van der Waals surface area contributed by atoms with E-state index >= 15 is 0 Å². The van der Waals surface area contributed by atoms with Crippen molar-refractivity contribution < 1.29 is 0 Å². The van der Waals surface area contributed by atoms with Crippen LogP contribution in [0.1, 0.15) is 5.56 Å². The third kappa shape index (κ3) is 2.34. The lowest BCUT2D eigenvalue weighted by molar-refractivity contribution is 0.813. The normalized spacial score (nSPS) is 11.1. The summed E-state index contributed by atoms with van der Waals surface area (Å²) in [7, 11) is 0. The second-order valence-corrected chi connectivity index (χ2v) is 4.82. The number of nitrogen functional groups attached to an aromatic ring is 1. The topological polar surface area (TPSA) is 69.6 Å². The minimum atomic E-state index is 0.114. The van der Waals surface area contributed by atoms with E-state index in [-0.39, 0.29) is 11.1 Å². The van der Waals surface area contributed by atoms with E-state index < -0.39 is 0 Å². The monoisotopic (exact) mass is 293 g/mol. The van der Waals surface area contributed by atoms with Crippen molar-refractivity contribution in [3.8, 4) is 0 Å². The first-order valence-electron chi connectivity index (χ1n) is 5.52. The fourth-order valence-corrected chi connectivity index (χ4v) is 2.14. The van der Waals surface area contributed by atoms with Crippen molar-refractivity contribution in [2.24, 2.45) is 0 Å². The number of aromatic nitrogens is 4. The van der Waals surface area contributed by atoms with E-state index in [0.717, 1.165) is 5.56 Å². The summed E-state index contributed by atoms with van der Waals surface area (Å²) >= 11 is 11.7. The molecular weight excluding hydrogens is 285 g/mol. The molecular formula is C12H9Cl2N5. The van der Waals surface area contributed by atoms with Crippen LogP contribution in [-0.4, -0.2) is 19.5 Å². The summed E-state index contributed by atoms with van der Waals surface area (Å²) in [4.78, 5) is 12.2. The molecule has 2 aromatic heterocycles. The third-order valence-corrected chi connectivity index (χ3v) is 3.15. The van der Waals surface area contributed by atoms with Gasteiger partial charge in [0.05, 0.1) is 12.9 Å². The molecule has 0 spiro atoms. The molecule has 0 unspecified atom stereocenters. The van der Waals surface area contributed by atoms with Gasteiger partial charge in [0.1, 0.15) is 5.52 Å². The Kier molecular flexibility index (Phi) is 3.00. The molecule has 0 aliphatic rings. The van der Waals surface area contributed by atoms with Crippen LogP contribution in [0.15, 0.2) is 30.6 Å². The molecule has 0 radical (unpaired) electrons. The summed E-state index contributed by atoms with van der Waals surface area (Å²) in [6.07, 6.45) is 1.67. The average molecular weight is 294 g/mol. The van der Waals surface area contributed by atoms with E-state index in [1.165, 1.54) is 0 Å². The lowest BCUT2D eigenvalue weighted by atomic mass is 10.2. The van der Waals surface area contributed by atoms with Crippen molar-refractivity contribution in [2.75, 3.05) is 5.73 Å². The highest BCUT2D eigenvalue weighted by Crippen LogP contribution is 2.19. The van der Waals surface area contributed by atoms with E-state index in [9.17, 15) is 0 Å². The Balaban J connectivity index is 2.03. The summed E-state index contributed by atoms with van der Waals surface area (Å²) in [5.41, 5.74) is 8.01. The quantitative estimate of drug-likeness (QED) is 0.738. The zero-order valence-electron chi connectivity index (χ0n) is 9.72. The molecule has 0 saturated carbocycles. The molecule has 0 bridgehead atoms. The molecule has 3 aromatic rings. The molecule has 96 valence electrons. The van der Waals surface area contributed by atoms with E-state index in [0.29, 0.717) is 22.7 Å². The standard InChI is InChI=1S/C12H9Cl2N5/c13-8-3-1-7(2-4-8)5-19-6-16-9-10(15)17-12(14)18-11(9)19/h1-4,6H,5H2,(H2,15,17,18). The fourth-order valence-electron chi connectivity index (χ4n) is 1.84. The number of fused-ring (bicyclic) bond motifs is 1. The molecule has 3 rings (SSSR count). The van der Waals surface area contributed by atoms with Gasteiger partial charge in [0.25, 0.3) is 0 Å². The van der Waals surface area contributed by atoms with E-state index in [4.69, 9.17) is 28.9 Å². The minimum Gasteiger partial charge on any atom is -0.382 e. The van der Waals surface area contributed by atoms with Crippen molar-refractivity contribution in [2.45, 2.75) is 6.54 Å². The highest BCUT2D eigenvalue weighted by molar-refractivity contribution is 6.30. The molecule has 2 heterocycles. The van der Waals surface area contributed by atoms with E-state index in [1.807, 2.05) is 28.8 Å². The van der Waals surface area contributed by atoms with Crippen LogP contribution in [-0.2, 0) is 6.54 Å². The Morgan fingerprint density at radius 3 is 2.58 bits per heavy atom. The van der Waals surface area contributed by atoms with Gasteiger partial charge in [-0.2, -0.15) is 9.97 Å². The smallest absolute Gasteiger partial charge is 0.226 e. The van der Waals surface area contributed by atoms with Crippen molar-refractivity contribution in [3.63, 3.8) is 0 Å². The van der Waals surface area contributed by atoms with Crippen LogP contribution in [0.4, 0.5) is 5.82 Å². The zero-order chi connectivity index (χ0) is 13.4. The van der Waals surface area contributed by atoms with Gasteiger partial charge < -0.3 is 10.3 Å². The molecule has 2 N–H and O–H groups in total. The van der Waals surface area contributed by atoms with Crippen LogP contribution in [0.3, 0.4) is 0 Å². The first-order chi connectivity index (χ1) is 9.13. The van der Waals surface area contributed by atoms with Crippen LogP contribution in [0, 0.1) is 0 Å². The first kappa shape index (κ1) is 12.2. The number of benzene rings is 1. The fraction of sp³-hybridized carbons (Fsp3) is 0.0833. The maximum atomic E-state index is 5.86. The van der Waals surface area contributed by atoms with Gasteiger partial charge in [0.2, 0.25) is 5.28 Å². The van der Waals surface area contributed by atoms with Crippen LogP contribution in [0.25, 0.3) is 11.2 Å². The number of anilines is 1. The number of hydrogen-bond donors (Lipinski definition) is 1. The number of rotatable bonds is 2. The van der Waals surface area contributed by atoms with Crippen molar-refractivity contribution in [1.29, 1.82) is 0 Å². The van der Waals surface area contributed by atoms with Gasteiger partial charge in [0.15, 0.2) is 11.5 Å². The summed E-state index contributed by atoms with van der Waals surface area (Å²) in [6.45, 7) is 0.612. The lowest BCUT2D eigenvalue weighted by Gasteiger charge is -2.04. The number of hydrogen-bond acceptors (Lipinski definition) is 4. The highest BCUT2D eigenvalue weighted by Gasteiger charge is 2.10. The zero-order valence-corrected chi connectivity index (χ0v) is 11.2. The second-order valence-electron chi connectivity index (χ2n) is 4.05. The molecule has 0 saturated heterocycles. The van der Waals surface area contributed by atoms with Gasteiger partial charge >= 0.3 is 0 Å². The first-order valence-corrected chi connectivity index (χ1v) is 6.27. The van der Waals surface area contributed by atoms with Crippen molar-refractivity contribution in [3.05, 3.63) is 46.5 Å². The summed E-state index contributed by atoms with van der Waals surface area (Å²) in [5.74, 6) is 0.282. The van der Waals surface area contributed by atoms with Crippen LogP contribution in [0.2, 0.25) is 10.3 Å². The predicted molar refractivity (Wildman–Crippen MR) is 75.3 cm³/mol. The Morgan fingerprint density at radius 2 is 1.84 bits per heavy atom. The molecule has 7 heteroatoms. The van der Waals surface area contributed by atoms with Crippen molar-refractivity contribution >= 4 is 40.2 Å². The van der Waals surface area contributed by atoms with E-state index in [2.05, 4.69) is 15.0 Å². The molecule has 0 aliphatic carbocycles. The van der Waals surface area contributed by atoms with Gasteiger partial charge in [-0.15, -0.1) is 0 Å². The van der Waals surface area contributed by atoms with Crippen LogP contribution < -0.4 is 5.73 Å². The predicted octanol–water partition coefficient (Wildman–Crippen LogP) is 2.76. The van der Waals surface area contributed by atoms with E-state index in [1.54, 1.807) is 6.33 Å². The molecule has 0 aliphatic heterocycles. The Morgan fingerprint density at radius 1 is 1.11 bits per heavy atom. The van der Waals surface area contributed by atoms with Crippen LogP contribution in [0.5, 0.6) is 0 Å². The van der Waals surface area contributed by atoms with Gasteiger partial charge in [-0.1, -0.05) is 23.7 Å². The Bertz CT molecular complexity index is 736. The molecule has 0 atom stereocenters. The van der Waals surface area contributed by atoms with Gasteiger partial charge in [-0.3, -0.25) is 0 Å². The number of imidazole rings is 1. The summed E-state index contributed by atoms with van der Waals surface area (Å²) in [6, 6.07) is 7.57. The molecule has 0 fully saturated rings. The Hall–Kier alpha value is -1.85. The highest BCUT2D eigenvalue weighted by atomic mass is 35.5. The van der Waals surface area contributed by atoms with Gasteiger partial charge in [-0.05, 0) is 29.3 Å². The number of halogens is 2. The second kappa shape index (κ2) is 4.68. The maximum Gasteiger partial charge on any atom is 0.226 e. The lowest BCUT2D eigenvalue weighted by Crippen LogP contribution is -2.01. The van der Waals surface area contributed by atoms with Crippen LogP contribution >= 0.6 is 23.2 Å². The molecule has 0 amide bonds. The van der Waals surface area contributed by atoms with Gasteiger partial charge in [0, 0.05) is 5.02 Å². The largest absolute Gasteiger partial charge is 0.382 e. The Labute approximate surface area is 119 Å². The average Bonchev–Trinajstić information content (AvgIpc) is 2.76. The minimum absolute atomic E-state index is 0.114. The van der Waals surface area contributed by atoms with Crippen molar-refractivity contribution in [1.82, 2.24) is 19.5 Å². The summed E-state index contributed by atoms with van der Waals surface area (Å²) in [5, 5.41) is 0.816. The molecule has 19 heavy (non-hydrogen) atoms. The SMILES string of the molecule is Nc1nc(Cl)nc2c1ncn2Cc1ccc(Cl)cc1.